The Hall–Kier alpha value is -3.72. The molecule has 0 atom stereocenters. The lowest BCUT2D eigenvalue weighted by atomic mass is 10.1. The molecule has 0 unspecified atom stereocenters. The van der Waals surface area contributed by atoms with Crippen molar-refractivity contribution < 1.29 is 14.4 Å². The molecular weight excluding hydrogens is 414 g/mol. The van der Waals surface area contributed by atoms with Crippen LogP contribution in [0.3, 0.4) is 0 Å². The molecule has 0 spiro atoms. The zero-order chi connectivity index (χ0) is 23.0. The molecule has 0 bridgehead atoms. The van der Waals surface area contributed by atoms with Crippen LogP contribution in [-0.4, -0.2) is 53.7 Å². The van der Waals surface area contributed by atoms with Gasteiger partial charge in [0.1, 0.15) is 5.82 Å². The maximum atomic E-state index is 11.9. The number of nitrogens with zero attached hydrogens (tertiary/aromatic N) is 3. The average molecular weight is 440 g/mol. The minimum atomic E-state index is -0.0822. The third-order valence-electron chi connectivity index (χ3n) is 4.17. The van der Waals surface area contributed by atoms with Crippen LogP contribution in [0.4, 0.5) is 11.5 Å². The second kappa shape index (κ2) is 10.9. The molecule has 3 N–H and O–H groups in total. The van der Waals surface area contributed by atoms with Crippen LogP contribution < -0.4 is 10.6 Å². The number of ketones is 2. The summed E-state index contributed by atoms with van der Waals surface area (Å²) in [5.41, 5.74) is 7.23. The van der Waals surface area contributed by atoms with E-state index in [0.29, 0.717) is 27.5 Å². The number of allylic oxidation sites excluding steroid dienone is 1. The molecule has 2 aromatic heterocycles. The van der Waals surface area contributed by atoms with Crippen LogP contribution in [0.1, 0.15) is 32.5 Å². The second-order valence-electron chi connectivity index (χ2n) is 6.78. The normalized spacial score (nSPS) is 10.3. The molecule has 162 valence electrons. The number of H-pyrrole nitrogens is 1. The van der Waals surface area contributed by atoms with Gasteiger partial charge in [-0.15, -0.1) is 11.3 Å². The third-order valence-corrected chi connectivity index (χ3v) is 5.04. The van der Waals surface area contributed by atoms with Crippen molar-refractivity contribution in [2.24, 2.45) is 0 Å². The summed E-state index contributed by atoms with van der Waals surface area (Å²) in [6, 6.07) is 10.6. The molecule has 31 heavy (non-hydrogen) atoms. The Labute approximate surface area is 185 Å². The van der Waals surface area contributed by atoms with Crippen molar-refractivity contribution in [1.82, 2.24) is 15.1 Å². The minimum absolute atomic E-state index is 0.0663. The summed E-state index contributed by atoms with van der Waals surface area (Å²) in [7, 11) is 5.38. The topological polar surface area (TPSA) is 112 Å². The lowest BCUT2D eigenvalue weighted by molar-refractivity contribution is -0.116. The Morgan fingerprint density at radius 2 is 1.87 bits per heavy atom. The molecule has 3 rings (SSSR count). The van der Waals surface area contributed by atoms with E-state index in [4.69, 9.17) is 5.73 Å². The highest BCUT2D eigenvalue weighted by molar-refractivity contribution is 7.12. The molecule has 0 saturated heterocycles. The van der Waals surface area contributed by atoms with Crippen LogP contribution in [-0.2, 0) is 4.79 Å². The first-order valence-corrected chi connectivity index (χ1v) is 10.2. The van der Waals surface area contributed by atoms with E-state index in [0.717, 1.165) is 0 Å². The maximum absolute atomic E-state index is 11.9. The highest BCUT2D eigenvalue weighted by Gasteiger charge is 2.14. The van der Waals surface area contributed by atoms with E-state index in [2.05, 4.69) is 10.2 Å². The fourth-order valence-corrected chi connectivity index (χ4v) is 3.06. The number of thiophene rings is 1. The molecule has 0 aliphatic heterocycles. The molecule has 8 nitrogen and oxygen atoms in total. The number of nitrogens with two attached hydrogens (primary N) is 1. The number of hydrogen-bond acceptors (Lipinski definition) is 7. The Morgan fingerprint density at radius 1 is 1.13 bits per heavy atom. The third kappa shape index (κ3) is 6.65. The van der Waals surface area contributed by atoms with Crippen molar-refractivity contribution in [2.45, 2.75) is 6.92 Å². The summed E-state index contributed by atoms with van der Waals surface area (Å²) >= 11 is 1.39. The lowest BCUT2D eigenvalue weighted by Gasteiger charge is -2.15. The van der Waals surface area contributed by atoms with Gasteiger partial charge in [-0.25, -0.2) is 0 Å². The van der Waals surface area contributed by atoms with Crippen LogP contribution in [0.25, 0.3) is 0 Å². The van der Waals surface area contributed by atoms with Crippen molar-refractivity contribution in [3.05, 3.63) is 76.3 Å². The van der Waals surface area contributed by atoms with Gasteiger partial charge in [-0.3, -0.25) is 19.5 Å². The first-order chi connectivity index (χ1) is 14.7. The van der Waals surface area contributed by atoms with Gasteiger partial charge in [0.2, 0.25) is 11.7 Å². The molecule has 9 heteroatoms. The van der Waals surface area contributed by atoms with Crippen molar-refractivity contribution >= 4 is 40.3 Å². The van der Waals surface area contributed by atoms with Crippen LogP contribution >= 0.6 is 11.3 Å². The molecule has 1 aromatic carbocycles. The van der Waals surface area contributed by atoms with Crippen molar-refractivity contribution in [3.63, 3.8) is 0 Å². The summed E-state index contributed by atoms with van der Waals surface area (Å²) in [5.74, 6) is 0.0885. The fourth-order valence-electron chi connectivity index (χ4n) is 2.38. The SMILES string of the molecule is CC(=O)N(C)c1cccc(C(=O)/C=C\N(C)C)c1.Nc1[nH]ncc1C(=O)c1cccs1. The Balaban J connectivity index is 0.000000231. The minimum Gasteiger partial charge on any atom is -0.383 e. The highest BCUT2D eigenvalue weighted by atomic mass is 32.1. The number of rotatable bonds is 6. The monoisotopic (exact) mass is 439 g/mol. The van der Waals surface area contributed by atoms with Gasteiger partial charge in [-0.2, -0.15) is 5.10 Å². The predicted molar refractivity (Wildman–Crippen MR) is 123 cm³/mol. The smallest absolute Gasteiger partial charge is 0.223 e. The lowest BCUT2D eigenvalue weighted by Crippen LogP contribution is -2.22. The largest absolute Gasteiger partial charge is 0.383 e. The standard InChI is InChI=1S/C14H18N2O2.C8H7N3OS/c1-11(17)16(4)13-7-5-6-12(10-13)14(18)8-9-15(2)3;9-8-5(4-10-11-8)7(12)6-2-1-3-13-6/h5-10H,1-4H3;1-4H,(H3,9,10,11)/b9-8-;. The average Bonchev–Trinajstić information content (AvgIpc) is 3.43. The molecule has 0 aliphatic rings. The number of nitrogens with one attached hydrogen (secondary N) is 1. The van der Waals surface area contributed by atoms with E-state index in [1.807, 2.05) is 25.5 Å². The number of carbonyl (C=O) groups excluding carboxylic acids is 3. The van der Waals surface area contributed by atoms with Crippen LogP contribution in [0, 0.1) is 0 Å². The van der Waals surface area contributed by atoms with Gasteiger partial charge in [0.15, 0.2) is 5.78 Å². The van der Waals surface area contributed by atoms with E-state index < -0.39 is 0 Å². The van der Waals surface area contributed by atoms with E-state index in [1.54, 1.807) is 48.5 Å². The Kier molecular flexibility index (Phi) is 8.27. The van der Waals surface area contributed by atoms with E-state index >= 15 is 0 Å². The molecule has 0 aliphatic carbocycles. The van der Waals surface area contributed by atoms with E-state index in [9.17, 15) is 14.4 Å². The summed E-state index contributed by atoms with van der Waals surface area (Å²) < 4.78 is 0. The summed E-state index contributed by atoms with van der Waals surface area (Å²) in [6.07, 6.45) is 4.65. The van der Waals surface area contributed by atoms with Crippen LogP contribution in [0.15, 0.2) is 60.3 Å². The zero-order valence-electron chi connectivity index (χ0n) is 17.8. The molecule has 0 fully saturated rings. The molecule has 3 aromatic rings. The van der Waals surface area contributed by atoms with Gasteiger partial charge >= 0.3 is 0 Å². The number of benzene rings is 1. The number of aromatic amines is 1. The molecule has 0 saturated carbocycles. The molecule has 0 radical (unpaired) electrons. The van der Waals surface area contributed by atoms with Crippen molar-refractivity contribution in [1.29, 1.82) is 0 Å². The summed E-state index contributed by atoms with van der Waals surface area (Å²) in [5, 5.41) is 8.06. The van der Waals surface area contributed by atoms with Crippen LogP contribution in [0.2, 0.25) is 0 Å². The van der Waals surface area contributed by atoms with Crippen LogP contribution in [0.5, 0.6) is 0 Å². The summed E-state index contributed by atoms with van der Waals surface area (Å²) in [6.45, 7) is 1.49. The van der Waals surface area contributed by atoms with Gasteiger partial charge < -0.3 is 15.5 Å². The highest BCUT2D eigenvalue weighted by Crippen LogP contribution is 2.17. The van der Waals surface area contributed by atoms with Gasteiger partial charge in [-0.05, 0) is 23.6 Å². The first kappa shape index (κ1) is 23.6. The molecule has 1 amide bonds. The maximum Gasteiger partial charge on any atom is 0.223 e. The number of hydrogen-bond donors (Lipinski definition) is 2. The van der Waals surface area contributed by atoms with Gasteiger partial charge in [0, 0.05) is 51.6 Å². The van der Waals surface area contributed by atoms with Crippen molar-refractivity contribution in [3.8, 4) is 0 Å². The van der Waals surface area contributed by atoms with Gasteiger partial charge in [-0.1, -0.05) is 18.2 Å². The van der Waals surface area contributed by atoms with Gasteiger partial charge in [0.05, 0.1) is 16.6 Å². The zero-order valence-corrected chi connectivity index (χ0v) is 18.6. The fraction of sp³-hybridized carbons (Fsp3) is 0.182. The van der Waals surface area contributed by atoms with Gasteiger partial charge in [0.25, 0.3) is 0 Å². The second-order valence-corrected chi connectivity index (χ2v) is 7.72. The number of anilines is 2. The quantitative estimate of drug-likeness (QED) is 0.450. The Bertz CT molecular complexity index is 1070. The number of aromatic nitrogens is 2. The van der Waals surface area contributed by atoms with Crippen molar-refractivity contribution in [2.75, 3.05) is 31.8 Å². The number of nitrogen functional groups attached to an aromatic ring is 1. The van der Waals surface area contributed by atoms with E-state index in [1.165, 1.54) is 35.4 Å². The number of carbonyl (C=O) groups is 3. The van der Waals surface area contributed by atoms with E-state index in [-0.39, 0.29) is 17.5 Å². The Morgan fingerprint density at radius 3 is 2.42 bits per heavy atom. The molecular formula is C22H25N5O3S. The number of amides is 1. The summed E-state index contributed by atoms with van der Waals surface area (Å²) in [4.78, 5) is 38.8. The molecule has 2 heterocycles. The first-order valence-electron chi connectivity index (χ1n) is 9.31. The predicted octanol–water partition coefficient (Wildman–Crippen LogP) is 3.21.